The van der Waals surface area contributed by atoms with E-state index in [0.29, 0.717) is 6.54 Å². The van der Waals surface area contributed by atoms with Crippen molar-refractivity contribution < 1.29 is 13.2 Å². The number of hydrogen-bond donors (Lipinski definition) is 0. The largest absolute Gasteiger partial charge is 0.353 e. The van der Waals surface area contributed by atoms with Crippen molar-refractivity contribution in [3.8, 4) is 22.6 Å². The minimum Gasteiger partial charge on any atom is -0.353 e. The average molecular weight is 402 g/mol. The van der Waals surface area contributed by atoms with E-state index in [0.717, 1.165) is 28.3 Å². The third-order valence-corrected chi connectivity index (χ3v) is 4.79. The maximum Gasteiger partial charge on any atom is 0.253 e. The molecule has 0 aliphatic heterocycles. The van der Waals surface area contributed by atoms with Gasteiger partial charge >= 0.3 is 0 Å². The smallest absolute Gasteiger partial charge is 0.253 e. The van der Waals surface area contributed by atoms with Gasteiger partial charge in [0.05, 0.1) is 18.6 Å². The van der Waals surface area contributed by atoms with E-state index < -0.39 is 11.8 Å². The highest BCUT2D eigenvalue weighted by molar-refractivity contribution is 5.68. The summed E-state index contributed by atoms with van der Waals surface area (Å²) in [6, 6.07) is 3.80. The molecule has 6 nitrogen and oxygen atoms in total. The molecule has 1 aliphatic carbocycles. The molecule has 5 rings (SSSR count). The number of aryl methyl sites for hydroxylation is 1. The Morgan fingerprint density at radius 2 is 1.97 bits per heavy atom. The van der Waals surface area contributed by atoms with Crippen molar-refractivity contribution in [1.82, 2.24) is 28.7 Å². The lowest BCUT2D eigenvalue weighted by Gasteiger charge is -2.06. The molecule has 0 radical (unpaired) electrons. The molecule has 4 aromatic heterocycles. The summed E-state index contributed by atoms with van der Waals surface area (Å²) in [5.41, 5.74) is 3.31. The zero-order valence-electron chi connectivity index (χ0n) is 16.1. The molecule has 1 unspecified atom stereocenters. The highest BCUT2D eigenvalue weighted by Gasteiger charge is 2.56. The maximum atomic E-state index is 13.2. The number of halogens is 3. The topological polar surface area (TPSA) is 52.9 Å². The summed E-state index contributed by atoms with van der Waals surface area (Å²) in [6.07, 6.45) is 10.9. The first kappa shape index (κ1) is 19.2. The van der Waals surface area contributed by atoms with Crippen molar-refractivity contribution in [2.24, 2.45) is 13.0 Å². The fraction of sp³-hybridized carbons (Fsp3) is 0.350. The molecule has 4 aromatic rings. The van der Waals surface area contributed by atoms with Gasteiger partial charge in [0.25, 0.3) is 5.92 Å². The molecule has 0 saturated heterocycles. The minimum atomic E-state index is -2.51. The second-order valence-electron chi connectivity index (χ2n) is 7.05. The van der Waals surface area contributed by atoms with Gasteiger partial charge in [-0.15, -0.1) is 0 Å². The van der Waals surface area contributed by atoms with E-state index in [1.165, 1.54) is 6.92 Å². The van der Waals surface area contributed by atoms with Crippen LogP contribution in [0.4, 0.5) is 13.2 Å². The SMILES string of the molecule is CCF.Cn1cc(-c2cc3nccn3c(-c3ccn(CC4CC4(F)F)c3)n2)cn1. The summed E-state index contributed by atoms with van der Waals surface area (Å²) in [7, 11) is 1.85. The molecule has 0 aromatic carbocycles. The number of imidazole rings is 1. The second-order valence-corrected chi connectivity index (χ2v) is 7.05. The lowest BCUT2D eigenvalue weighted by atomic mass is 10.2. The zero-order chi connectivity index (χ0) is 20.6. The van der Waals surface area contributed by atoms with E-state index >= 15 is 0 Å². The van der Waals surface area contributed by atoms with Crippen LogP contribution >= 0.6 is 0 Å². The van der Waals surface area contributed by atoms with Gasteiger partial charge in [-0.3, -0.25) is 13.5 Å². The Bertz CT molecular complexity index is 1130. The molecule has 4 heterocycles. The highest BCUT2D eigenvalue weighted by atomic mass is 19.3. The summed E-state index contributed by atoms with van der Waals surface area (Å²) >= 11 is 0. The predicted octanol–water partition coefficient (Wildman–Crippen LogP) is 4.23. The van der Waals surface area contributed by atoms with Gasteiger partial charge in [-0.05, 0) is 13.0 Å². The third kappa shape index (κ3) is 3.90. The fourth-order valence-electron chi connectivity index (χ4n) is 3.24. The zero-order valence-corrected chi connectivity index (χ0v) is 16.1. The first-order valence-corrected chi connectivity index (χ1v) is 9.34. The number of nitrogens with zero attached hydrogens (tertiary/aromatic N) is 6. The molecule has 1 atom stereocenters. The summed E-state index contributed by atoms with van der Waals surface area (Å²) in [6.45, 7) is 1.53. The van der Waals surface area contributed by atoms with Gasteiger partial charge in [-0.25, -0.2) is 18.7 Å². The Morgan fingerprint density at radius 1 is 1.21 bits per heavy atom. The van der Waals surface area contributed by atoms with Crippen LogP contribution in [0.15, 0.2) is 49.3 Å². The lowest BCUT2D eigenvalue weighted by molar-refractivity contribution is 0.0951. The molecule has 0 amide bonds. The van der Waals surface area contributed by atoms with Gasteiger partial charge in [0.2, 0.25) is 0 Å². The van der Waals surface area contributed by atoms with E-state index in [-0.39, 0.29) is 13.1 Å². The Balaban J connectivity index is 0.000000645. The van der Waals surface area contributed by atoms with Crippen molar-refractivity contribution >= 4 is 5.65 Å². The molecular formula is C20H21F3N6. The molecule has 1 saturated carbocycles. The van der Waals surface area contributed by atoms with Crippen LogP contribution in [-0.4, -0.2) is 41.3 Å². The third-order valence-electron chi connectivity index (χ3n) is 4.79. The number of hydrogen-bond acceptors (Lipinski definition) is 3. The lowest BCUT2D eigenvalue weighted by Crippen LogP contribution is -2.03. The van der Waals surface area contributed by atoms with Crippen LogP contribution in [0.25, 0.3) is 28.3 Å². The van der Waals surface area contributed by atoms with Crippen LogP contribution in [0.3, 0.4) is 0 Å². The van der Waals surface area contributed by atoms with Crippen molar-refractivity contribution in [2.45, 2.75) is 25.8 Å². The van der Waals surface area contributed by atoms with Crippen LogP contribution in [-0.2, 0) is 13.6 Å². The Hall–Kier alpha value is -3.10. The van der Waals surface area contributed by atoms with Crippen molar-refractivity contribution in [3.63, 3.8) is 0 Å². The average Bonchev–Trinajstić information content (AvgIpc) is 3.18. The molecule has 0 bridgehead atoms. The van der Waals surface area contributed by atoms with Gasteiger partial charge < -0.3 is 4.57 Å². The summed E-state index contributed by atoms with van der Waals surface area (Å²) in [5, 5.41) is 4.19. The monoisotopic (exact) mass is 402 g/mol. The molecule has 0 N–H and O–H groups in total. The van der Waals surface area contributed by atoms with Crippen molar-refractivity contribution in [3.05, 3.63) is 49.3 Å². The number of aromatic nitrogens is 6. The number of alkyl halides is 3. The van der Waals surface area contributed by atoms with Crippen LogP contribution in [0, 0.1) is 5.92 Å². The Morgan fingerprint density at radius 3 is 2.62 bits per heavy atom. The summed E-state index contributed by atoms with van der Waals surface area (Å²) in [4.78, 5) is 9.14. The van der Waals surface area contributed by atoms with Crippen molar-refractivity contribution in [2.75, 3.05) is 6.67 Å². The van der Waals surface area contributed by atoms with Crippen molar-refractivity contribution in [1.29, 1.82) is 0 Å². The van der Waals surface area contributed by atoms with E-state index in [1.807, 2.05) is 52.9 Å². The predicted molar refractivity (Wildman–Crippen MR) is 103 cm³/mol. The molecule has 152 valence electrons. The van der Waals surface area contributed by atoms with Crippen LogP contribution < -0.4 is 0 Å². The van der Waals surface area contributed by atoms with Crippen LogP contribution in [0.2, 0.25) is 0 Å². The van der Waals surface area contributed by atoms with Gasteiger partial charge in [0.1, 0.15) is 11.5 Å². The molecular weight excluding hydrogens is 381 g/mol. The summed E-state index contributed by atoms with van der Waals surface area (Å²) in [5.74, 6) is -2.36. The van der Waals surface area contributed by atoms with Gasteiger partial charge in [0, 0.05) is 74.1 Å². The Labute approximate surface area is 165 Å². The molecule has 9 heteroatoms. The molecule has 0 spiro atoms. The fourth-order valence-corrected chi connectivity index (χ4v) is 3.24. The maximum absolute atomic E-state index is 13.2. The van der Waals surface area contributed by atoms with E-state index in [2.05, 4.69) is 10.1 Å². The first-order chi connectivity index (χ1) is 13.9. The highest BCUT2D eigenvalue weighted by Crippen LogP contribution is 2.49. The van der Waals surface area contributed by atoms with Gasteiger partial charge in [0.15, 0.2) is 0 Å². The normalized spacial score (nSPS) is 17.2. The van der Waals surface area contributed by atoms with E-state index in [1.54, 1.807) is 17.1 Å². The standard InChI is InChI=1S/C18H16F2N6.C2H5F/c1-24-9-13(8-22-24)15-6-16-21-3-5-26(16)17(23-15)12-2-4-25(10-12)11-14-7-18(14,19)20;1-2-3/h2-6,8-10,14H,7,11H2,1H3;2H2,1H3. The van der Waals surface area contributed by atoms with E-state index in [4.69, 9.17) is 4.98 Å². The van der Waals surface area contributed by atoms with Gasteiger partial charge in [-0.1, -0.05) is 0 Å². The van der Waals surface area contributed by atoms with Gasteiger partial charge in [-0.2, -0.15) is 5.10 Å². The first-order valence-electron chi connectivity index (χ1n) is 9.34. The Kier molecular flexibility index (Phi) is 4.89. The molecule has 1 aliphatic rings. The summed E-state index contributed by atoms with van der Waals surface area (Å²) < 4.78 is 42.1. The number of rotatable bonds is 4. The quantitative estimate of drug-likeness (QED) is 0.513. The van der Waals surface area contributed by atoms with Crippen LogP contribution in [0.1, 0.15) is 13.3 Å². The molecule has 29 heavy (non-hydrogen) atoms. The molecule has 1 fully saturated rings. The number of fused-ring (bicyclic) bond motifs is 1. The minimum absolute atomic E-state index is 0.0268. The second kappa shape index (κ2) is 7.38. The van der Waals surface area contributed by atoms with E-state index in [9.17, 15) is 13.2 Å². The van der Waals surface area contributed by atoms with Crippen LogP contribution in [0.5, 0.6) is 0 Å².